The van der Waals surface area contributed by atoms with Crippen LogP contribution in [0.5, 0.6) is 17.2 Å². The minimum absolute atomic E-state index is 0.590. The fourth-order valence-corrected chi connectivity index (χ4v) is 2.77. The van der Waals surface area contributed by atoms with Crippen LogP contribution >= 0.6 is 0 Å². The predicted octanol–water partition coefficient (Wildman–Crippen LogP) is 4.34. The molecule has 1 aliphatic rings. The smallest absolute Gasteiger partial charge is 0.145 e. The van der Waals surface area contributed by atoms with Crippen molar-refractivity contribution in [2.75, 3.05) is 12.3 Å². The van der Waals surface area contributed by atoms with Gasteiger partial charge in [-0.2, -0.15) is 0 Å². The van der Waals surface area contributed by atoms with Crippen LogP contribution in [0.25, 0.3) is 0 Å². The summed E-state index contributed by atoms with van der Waals surface area (Å²) in [6.07, 6.45) is 4.90. The highest BCUT2D eigenvalue weighted by molar-refractivity contribution is 5.56. The summed E-state index contributed by atoms with van der Waals surface area (Å²) in [5, 5.41) is 0. The summed E-state index contributed by atoms with van der Waals surface area (Å²) in [6, 6.07) is 11.9. The van der Waals surface area contributed by atoms with Crippen molar-refractivity contribution < 1.29 is 9.47 Å². The van der Waals surface area contributed by atoms with E-state index in [4.69, 9.17) is 15.2 Å². The maximum Gasteiger partial charge on any atom is 0.145 e. The third-order valence-electron chi connectivity index (χ3n) is 3.84. The monoisotopic (exact) mass is 283 g/mol. The van der Waals surface area contributed by atoms with E-state index in [1.165, 1.54) is 30.4 Å². The summed E-state index contributed by atoms with van der Waals surface area (Å²) in [7, 11) is 0. The molecule has 0 heterocycles. The first-order chi connectivity index (χ1) is 10.3. The van der Waals surface area contributed by atoms with Gasteiger partial charge in [0.15, 0.2) is 0 Å². The van der Waals surface area contributed by atoms with Crippen LogP contribution in [0.1, 0.15) is 30.9 Å². The molecule has 0 unspecified atom stereocenters. The van der Waals surface area contributed by atoms with Crippen LogP contribution in [0.2, 0.25) is 0 Å². The van der Waals surface area contributed by atoms with Gasteiger partial charge in [0.2, 0.25) is 0 Å². The minimum Gasteiger partial charge on any atom is -0.492 e. The lowest BCUT2D eigenvalue weighted by Crippen LogP contribution is -2.02. The van der Waals surface area contributed by atoms with Crippen LogP contribution in [0.3, 0.4) is 0 Å². The first-order valence-electron chi connectivity index (χ1n) is 7.58. The SMILES string of the molecule is CCOc1cc(Oc2ccc3c(c2)CCCC3)ccc1N. The largest absolute Gasteiger partial charge is 0.492 e. The zero-order valence-electron chi connectivity index (χ0n) is 12.4. The standard InChI is InChI=1S/C18H21NO2/c1-2-20-18-12-16(9-10-17(18)19)21-15-8-7-13-5-3-4-6-14(13)11-15/h7-12H,2-6,19H2,1H3. The third kappa shape index (κ3) is 3.13. The number of aryl methyl sites for hydroxylation is 2. The van der Waals surface area contributed by atoms with Crippen molar-refractivity contribution in [1.82, 2.24) is 0 Å². The van der Waals surface area contributed by atoms with Gasteiger partial charge in [0.1, 0.15) is 17.2 Å². The van der Waals surface area contributed by atoms with Gasteiger partial charge < -0.3 is 15.2 Å². The van der Waals surface area contributed by atoms with Crippen LogP contribution < -0.4 is 15.2 Å². The zero-order valence-corrected chi connectivity index (χ0v) is 12.4. The fourth-order valence-electron chi connectivity index (χ4n) is 2.77. The number of fused-ring (bicyclic) bond motifs is 1. The Balaban J connectivity index is 1.81. The average molecular weight is 283 g/mol. The molecular weight excluding hydrogens is 262 g/mol. The van der Waals surface area contributed by atoms with Gasteiger partial charge in [0.05, 0.1) is 12.3 Å². The van der Waals surface area contributed by atoms with Crippen molar-refractivity contribution in [2.45, 2.75) is 32.6 Å². The lowest BCUT2D eigenvalue weighted by Gasteiger charge is -2.17. The molecule has 0 fully saturated rings. The lowest BCUT2D eigenvalue weighted by molar-refractivity contribution is 0.340. The highest BCUT2D eigenvalue weighted by Gasteiger charge is 2.10. The summed E-state index contributed by atoms with van der Waals surface area (Å²) in [4.78, 5) is 0. The van der Waals surface area contributed by atoms with Crippen LogP contribution in [-0.4, -0.2) is 6.61 Å². The van der Waals surface area contributed by atoms with E-state index in [9.17, 15) is 0 Å². The summed E-state index contributed by atoms with van der Waals surface area (Å²) < 4.78 is 11.5. The molecule has 2 aromatic rings. The molecule has 21 heavy (non-hydrogen) atoms. The van der Waals surface area contributed by atoms with E-state index in [1.807, 2.05) is 31.2 Å². The van der Waals surface area contributed by atoms with E-state index < -0.39 is 0 Å². The second kappa shape index (κ2) is 6.08. The number of hydrogen-bond acceptors (Lipinski definition) is 3. The maximum atomic E-state index is 5.95. The minimum atomic E-state index is 0.590. The highest BCUT2D eigenvalue weighted by atomic mass is 16.5. The van der Waals surface area contributed by atoms with Crippen molar-refractivity contribution >= 4 is 5.69 Å². The quantitative estimate of drug-likeness (QED) is 0.849. The number of nitrogen functional groups attached to an aromatic ring is 1. The van der Waals surface area contributed by atoms with E-state index in [-0.39, 0.29) is 0 Å². The molecule has 0 aliphatic heterocycles. The van der Waals surface area contributed by atoms with Crippen LogP contribution in [0, 0.1) is 0 Å². The van der Waals surface area contributed by atoms with Crippen LogP contribution in [-0.2, 0) is 12.8 Å². The normalized spacial score (nSPS) is 13.6. The van der Waals surface area contributed by atoms with Gasteiger partial charge in [-0.05, 0) is 68.0 Å². The van der Waals surface area contributed by atoms with Gasteiger partial charge in [-0.25, -0.2) is 0 Å². The molecule has 0 bridgehead atoms. The van der Waals surface area contributed by atoms with Crippen LogP contribution in [0.15, 0.2) is 36.4 Å². The summed E-state index contributed by atoms with van der Waals surface area (Å²) >= 11 is 0. The summed E-state index contributed by atoms with van der Waals surface area (Å²) in [5.41, 5.74) is 9.39. The maximum absolute atomic E-state index is 5.95. The van der Waals surface area contributed by atoms with Gasteiger partial charge in [-0.3, -0.25) is 0 Å². The third-order valence-corrected chi connectivity index (χ3v) is 3.84. The lowest BCUT2D eigenvalue weighted by atomic mass is 9.92. The molecule has 0 saturated heterocycles. The molecule has 0 saturated carbocycles. The molecule has 0 spiro atoms. The van der Waals surface area contributed by atoms with E-state index in [0.29, 0.717) is 18.0 Å². The predicted molar refractivity (Wildman–Crippen MR) is 85.2 cm³/mol. The Morgan fingerprint density at radius 3 is 2.48 bits per heavy atom. The summed E-state index contributed by atoms with van der Waals surface area (Å²) in [6.45, 7) is 2.53. The Morgan fingerprint density at radius 1 is 0.952 bits per heavy atom. The first-order valence-corrected chi connectivity index (χ1v) is 7.58. The van der Waals surface area contributed by atoms with E-state index in [2.05, 4.69) is 12.1 Å². The van der Waals surface area contributed by atoms with Gasteiger partial charge in [0.25, 0.3) is 0 Å². The van der Waals surface area contributed by atoms with Crippen molar-refractivity contribution in [3.05, 3.63) is 47.5 Å². The molecule has 0 atom stereocenters. The highest BCUT2D eigenvalue weighted by Crippen LogP contribution is 2.32. The fraction of sp³-hybridized carbons (Fsp3) is 0.333. The molecular formula is C18H21NO2. The van der Waals surface area contributed by atoms with E-state index in [0.717, 1.165) is 17.9 Å². The van der Waals surface area contributed by atoms with Gasteiger partial charge in [-0.15, -0.1) is 0 Å². The Hall–Kier alpha value is -2.16. The topological polar surface area (TPSA) is 44.5 Å². The van der Waals surface area contributed by atoms with E-state index in [1.54, 1.807) is 0 Å². The number of nitrogens with two attached hydrogens (primary N) is 1. The Kier molecular flexibility index (Phi) is 4.00. The number of ether oxygens (including phenoxy) is 2. The molecule has 3 rings (SSSR count). The molecule has 0 amide bonds. The Bertz CT molecular complexity index is 637. The second-order valence-corrected chi connectivity index (χ2v) is 5.37. The van der Waals surface area contributed by atoms with Crippen molar-refractivity contribution in [3.63, 3.8) is 0 Å². The zero-order chi connectivity index (χ0) is 14.7. The average Bonchev–Trinajstić information content (AvgIpc) is 2.51. The number of benzene rings is 2. The summed E-state index contributed by atoms with van der Waals surface area (Å²) in [5.74, 6) is 2.30. The molecule has 1 aliphatic carbocycles. The van der Waals surface area contributed by atoms with Gasteiger partial charge in [0, 0.05) is 6.07 Å². The van der Waals surface area contributed by atoms with Crippen LogP contribution in [0.4, 0.5) is 5.69 Å². The van der Waals surface area contributed by atoms with Crippen molar-refractivity contribution in [2.24, 2.45) is 0 Å². The van der Waals surface area contributed by atoms with Crippen molar-refractivity contribution in [1.29, 1.82) is 0 Å². The first kappa shape index (κ1) is 13.8. The molecule has 3 nitrogen and oxygen atoms in total. The molecule has 110 valence electrons. The number of rotatable bonds is 4. The number of hydrogen-bond donors (Lipinski definition) is 1. The molecule has 3 heteroatoms. The Labute approximate surface area is 125 Å². The molecule has 2 aromatic carbocycles. The van der Waals surface area contributed by atoms with Gasteiger partial charge in [-0.1, -0.05) is 6.07 Å². The van der Waals surface area contributed by atoms with E-state index >= 15 is 0 Å². The molecule has 0 aromatic heterocycles. The van der Waals surface area contributed by atoms with Gasteiger partial charge >= 0.3 is 0 Å². The Morgan fingerprint density at radius 2 is 1.67 bits per heavy atom. The molecule has 0 radical (unpaired) electrons. The molecule has 2 N–H and O–H groups in total. The van der Waals surface area contributed by atoms with Crippen molar-refractivity contribution in [3.8, 4) is 17.2 Å². The second-order valence-electron chi connectivity index (χ2n) is 5.37. The number of anilines is 1.